The number of rotatable bonds is 3. The summed E-state index contributed by atoms with van der Waals surface area (Å²) in [7, 11) is 0. The van der Waals surface area contributed by atoms with E-state index in [1.807, 2.05) is 51.1 Å². The van der Waals surface area contributed by atoms with E-state index in [1.165, 1.54) is 0 Å². The number of nitrogens with two attached hydrogens (primary N) is 1. The molecule has 2 atom stereocenters. The molecule has 0 saturated carbocycles. The fourth-order valence-electron chi connectivity index (χ4n) is 2.28. The lowest BCUT2D eigenvalue weighted by Crippen LogP contribution is -2.36. The van der Waals surface area contributed by atoms with Crippen molar-refractivity contribution in [2.45, 2.75) is 32.9 Å². The molecular formula is C18H23NO. The summed E-state index contributed by atoms with van der Waals surface area (Å²) in [5, 5.41) is 10.3. The molecule has 2 nitrogen and oxygen atoms in total. The van der Waals surface area contributed by atoms with Gasteiger partial charge >= 0.3 is 0 Å². The summed E-state index contributed by atoms with van der Waals surface area (Å²) in [6.07, 6.45) is -0.575. The van der Waals surface area contributed by atoms with E-state index in [9.17, 15) is 5.11 Å². The lowest BCUT2D eigenvalue weighted by molar-refractivity contribution is 0.0401. The molecule has 3 N–H and O–H groups in total. The van der Waals surface area contributed by atoms with Gasteiger partial charge in [0.1, 0.15) is 0 Å². The third-order valence-corrected chi connectivity index (χ3v) is 3.61. The number of aliphatic hydroxyl groups excluding tert-OH is 1. The van der Waals surface area contributed by atoms with Crippen LogP contribution in [0.1, 0.15) is 32.4 Å². The summed E-state index contributed by atoms with van der Waals surface area (Å²) in [6, 6.07) is 17.9. The first kappa shape index (κ1) is 14.8. The molecule has 106 valence electrons. The Labute approximate surface area is 121 Å². The maximum Gasteiger partial charge on any atom is 0.0780 e. The van der Waals surface area contributed by atoms with E-state index >= 15 is 0 Å². The highest BCUT2D eigenvalue weighted by molar-refractivity contribution is 5.64. The molecule has 0 spiro atoms. The van der Waals surface area contributed by atoms with Crippen LogP contribution < -0.4 is 5.73 Å². The van der Waals surface area contributed by atoms with E-state index in [-0.39, 0.29) is 11.5 Å². The van der Waals surface area contributed by atoms with Crippen molar-refractivity contribution in [3.8, 4) is 11.1 Å². The smallest absolute Gasteiger partial charge is 0.0780 e. The molecule has 0 amide bonds. The van der Waals surface area contributed by atoms with Gasteiger partial charge in [-0.3, -0.25) is 0 Å². The van der Waals surface area contributed by atoms with Gasteiger partial charge in [-0.25, -0.2) is 0 Å². The molecular weight excluding hydrogens is 246 g/mol. The highest BCUT2D eigenvalue weighted by Crippen LogP contribution is 2.30. The molecule has 0 fully saturated rings. The van der Waals surface area contributed by atoms with Crippen LogP contribution >= 0.6 is 0 Å². The van der Waals surface area contributed by atoms with Crippen molar-refractivity contribution in [2.24, 2.45) is 11.1 Å². The Hall–Kier alpha value is -1.64. The number of hydrogen-bond donors (Lipinski definition) is 2. The Balaban J connectivity index is 2.31. The number of benzene rings is 2. The summed E-state index contributed by atoms with van der Waals surface area (Å²) in [5.41, 5.74) is 9.24. The number of aliphatic hydroxyl groups is 1. The summed E-state index contributed by atoms with van der Waals surface area (Å²) < 4.78 is 0. The molecule has 0 aliphatic heterocycles. The van der Waals surface area contributed by atoms with Crippen molar-refractivity contribution in [1.82, 2.24) is 0 Å². The molecule has 0 aliphatic rings. The first-order valence-electron chi connectivity index (χ1n) is 6.98. The van der Waals surface area contributed by atoms with Gasteiger partial charge < -0.3 is 10.8 Å². The van der Waals surface area contributed by atoms with Crippen molar-refractivity contribution in [3.05, 3.63) is 60.2 Å². The van der Waals surface area contributed by atoms with Crippen LogP contribution in [-0.2, 0) is 0 Å². The Bertz CT molecular complexity index is 557. The minimum atomic E-state index is -0.575. The van der Waals surface area contributed by atoms with E-state index in [1.54, 1.807) is 0 Å². The SMILES string of the molecule is CC(C)(C)[C@H](O)[C@H](N)c1cccc(-c2ccccc2)c1. The highest BCUT2D eigenvalue weighted by atomic mass is 16.3. The van der Waals surface area contributed by atoms with Crippen LogP contribution in [0.3, 0.4) is 0 Å². The molecule has 0 radical (unpaired) electrons. The largest absolute Gasteiger partial charge is 0.391 e. The van der Waals surface area contributed by atoms with Gasteiger partial charge in [-0.2, -0.15) is 0 Å². The Morgan fingerprint density at radius 2 is 1.50 bits per heavy atom. The van der Waals surface area contributed by atoms with Gasteiger partial charge in [0.25, 0.3) is 0 Å². The lowest BCUT2D eigenvalue weighted by atomic mass is 9.82. The zero-order valence-electron chi connectivity index (χ0n) is 12.4. The highest BCUT2D eigenvalue weighted by Gasteiger charge is 2.29. The fourth-order valence-corrected chi connectivity index (χ4v) is 2.28. The van der Waals surface area contributed by atoms with Crippen LogP contribution in [0.15, 0.2) is 54.6 Å². The van der Waals surface area contributed by atoms with Crippen LogP contribution in [0.5, 0.6) is 0 Å². The normalized spacial score (nSPS) is 14.8. The molecule has 0 aromatic heterocycles. The van der Waals surface area contributed by atoms with E-state index in [0.717, 1.165) is 16.7 Å². The van der Waals surface area contributed by atoms with Gasteiger partial charge in [-0.15, -0.1) is 0 Å². The Kier molecular flexibility index (Phi) is 4.26. The molecule has 0 aliphatic carbocycles. The van der Waals surface area contributed by atoms with Crippen LogP contribution in [0.25, 0.3) is 11.1 Å². The molecule has 2 heteroatoms. The van der Waals surface area contributed by atoms with Gasteiger partial charge in [0.15, 0.2) is 0 Å². The molecule has 0 heterocycles. The molecule has 0 saturated heterocycles. The summed E-state index contributed by atoms with van der Waals surface area (Å²) >= 11 is 0. The molecule has 20 heavy (non-hydrogen) atoms. The van der Waals surface area contributed by atoms with Crippen molar-refractivity contribution in [1.29, 1.82) is 0 Å². The molecule has 2 aromatic rings. The first-order valence-corrected chi connectivity index (χ1v) is 6.98. The van der Waals surface area contributed by atoms with Crippen LogP contribution in [0.4, 0.5) is 0 Å². The van der Waals surface area contributed by atoms with Crippen molar-refractivity contribution < 1.29 is 5.11 Å². The second-order valence-corrected chi connectivity index (χ2v) is 6.33. The third-order valence-electron chi connectivity index (χ3n) is 3.61. The van der Waals surface area contributed by atoms with Crippen LogP contribution in [0.2, 0.25) is 0 Å². The van der Waals surface area contributed by atoms with Gasteiger partial charge in [-0.05, 0) is 28.2 Å². The molecule has 2 rings (SSSR count). The predicted molar refractivity (Wildman–Crippen MR) is 84.3 cm³/mol. The molecule has 2 aromatic carbocycles. The molecule has 0 unspecified atom stereocenters. The topological polar surface area (TPSA) is 46.2 Å². The first-order chi connectivity index (χ1) is 9.39. The lowest BCUT2D eigenvalue weighted by Gasteiger charge is -2.31. The summed E-state index contributed by atoms with van der Waals surface area (Å²) in [5.74, 6) is 0. The van der Waals surface area contributed by atoms with Crippen molar-refractivity contribution in [3.63, 3.8) is 0 Å². The van der Waals surface area contributed by atoms with E-state index in [2.05, 4.69) is 24.3 Å². The average molecular weight is 269 g/mol. The summed E-state index contributed by atoms with van der Waals surface area (Å²) in [4.78, 5) is 0. The standard InChI is InChI=1S/C18H23NO/c1-18(2,3)17(20)16(19)15-11-7-10-14(12-15)13-8-5-4-6-9-13/h4-12,16-17,20H,19H2,1-3H3/t16-,17-/m1/s1. The van der Waals surface area contributed by atoms with Gasteiger partial charge in [0, 0.05) is 0 Å². The van der Waals surface area contributed by atoms with Crippen molar-refractivity contribution >= 4 is 0 Å². The average Bonchev–Trinajstić information content (AvgIpc) is 2.46. The quantitative estimate of drug-likeness (QED) is 0.891. The zero-order chi connectivity index (χ0) is 14.8. The monoisotopic (exact) mass is 269 g/mol. The maximum absolute atomic E-state index is 10.3. The maximum atomic E-state index is 10.3. The van der Waals surface area contributed by atoms with Gasteiger partial charge in [0.05, 0.1) is 12.1 Å². The minimum absolute atomic E-state index is 0.234. The van der Waals surface area contributed by atoms with Gasteiger partial charge in [-0.1, -0.05) is 69.3 Å². The van der Waals surface area contributed by atoms with Gasteiger partial charge in [0.2, 0.25) is 0 Å². The Morgan fingerprint density at radius 3 is 2.10 bits per heavy atom. The van der Waals surface area contributed by atoms with E-state index in [4.69, 9.17) is 5.73 Å². The van der Waals surface area contributed by atoms with Crippen molar-refractivity contribution in [2.75, 3.05) is 0 Å². The molecule has 0 bridgehead atoms. The Morgan fingerprint density at radius 1 is 0.900 bits per heavy atom. The van der Waals surface area contributed by atoms with Crippen LogP contribution in [0, 0.1) is 5.41 Å². The zero-order valence-corrected chi connectivity index (χ0v) is 12.4. The minimum Gasteiger partial charge on any atom is -0.391 e. The van der Waals surface area contributed by atoms with E-state index in [0.29, 0.717) is 0 Å². The van der Waals surface area contributed by atoms with E-state index < -0.39 is 6.10 Å². The fraction of sp³-hybridized carbons (Fsp3) is 0.333. The second kappa shape index (κ2) is 5.78. The van der Waals surface area contributed by atoms with Crippen LogP contribution in [-0.4, -0.2) is 11.2 Å². The summed E-state index contributed by atoms with van der Waals surface area (Å²) in [6.45, 7) is 6.00. The number of hydrogen-bond acceptors (Lipinski definition) is 2. The second-order valence-electron chi connectivity index (χ2n) is 6.33. The predicted octanol–water partition coefficient (Wildman–Crippen LogP) is 3.76. The third kappa shape index (κ3) is 3.27.